The van der Waals surface area contributed by atoms with E-state index in [4.69, 9.17) is 11.6 Å². The minimum absolute atomic E-state index is 0.677. The Balaban J connectivity index is 2.53. The quantitative estimate of drug-likeness (QED) is 0.609. The average molecular weight is 211 g/mol. The van der Waals surface area contributed by atoms with Gasteiger partial charge >= 0.3 is 0 Å². The van der Waals surface area contributed by atoms with E-state index in [1.54, 1.807) is 0 Å². The lowest BCUT2D eigenvalue weighted by Crippen LogP contribution is -2.03. The summed E-state index contributed by atoms with van der Waals surface area (Å²) >= 11 is 5.97. The summed E-state index contributed by atoms with van der Waals surface area (Å²) in [5.74, 6) is 0.774. The number of anilines is 1. The van der Waals surface area contributed by atoms with Gasteiger partial charge in [0, 0.05) is 12.2 Å². The molecular formula is C11H15ClN2. The number of aryl methyl sites for hydroxylation is 1. The van der Waals surface area contributed by atoms with Crippen molar-refractivity contribution in [2.45, 2.75) is 20.3 Å². The predicted octanol–water partition coefficient (Wildman–Crippen LogP) is 3.42. The molecule has 76 valence electrons. The molecule has 3 heteroatoms. The van der Waals surface area contributed by atoms with E-state index in [-0.39, 0.29) is 0 Å². The number of hydrogen-bond acceptors (Lipinski definition) is 2. The normalized spacial score (nSPS) is 10.8. The second-order valence-electron chi connectivity index (χ2n) is 3.07. The molecule has 0 aliphatic carbocycles. The Morgan fingerprint density at radius 1 is 1.50 bits per heavy atom. The van der Waals surface area contributed by atoms with Crippen molar-refractivity contribution in [2.24, 2.45) is 0 Å². The molecule has 1 aromatic heterocycles. The van der Waals surface area contributed by atoms with Gasteiger partial charge in [-0.2, -0.15) is 0 Å². The van der Waals surface area contributed by atoms with Gasteiger partial charge in [-0.05, 0) is 32.4 Å². The van der Waals surface area contributed by atoms with Crippen molar-refractivity contribution >= 4 is 17.4 Å². The Morgan fingerprint density at radius 3 is 3.00 bits per heavy atom. The molecule has 1 rings (SSSR count). The standard InChI is InChI=1S/C11H15ClN2/c1-3-4-5-8-13-11-10(12)7-6-9(2)14-11/h3-4,6-7H,5,8H2,1-2H3,(H,13,14)/b4-3+. The fourth-order valence-electron chi connectivity index (χ4n) is 1.10. The summed E-state index contributed by atoms with van der Waals surface area (Å²) in [5.41, 5.74) is 0.975. The van der Waals surface area contributed by atoms with Crippen molar-refractivity contribution in [1.82, 2.24) is 4.98 Å². The van der Waals surface area contributed by atoms with E-state index in [0.717, 1.165) is 24.5 Å². The number of nitrogens with zero attached hydrogens (tertiary/aromatic N) is 1. The Morgan fingerprint density at radius 2 is 2.29 bits per heavy atom. The van der Waals surface area contributed by atoms with Crippen LogP contribution in [0.25, 0.3) is 0 Å². The zero-order valence-corrected chi connectivity index (χ0v) is 9.30. The van der Waals surface area contributed by atoms with Gasteiger partial charge in [-0.1, -0.05) is 23.8 Å². The molecule has 0 radical (unpaired) electrons. The molecule has 1 aromatic rings. The van der Waals surface area contributed by atoms with E-state index in [9.17, 15) is 0 Å². The number of aromatic nitrogens is 1. The Labute approximate surface area is 90.0 Å². The number of allylic oxidation sites excluding steroid dienone is 1. The maximum Gasteiger partial charge on any atom is 0.145 e. The molecule has 1 N–H and O–H groups in total. The molecule has 0 aliphatic heterocycles. The summed E-state index contributed by atoms with van der Waals surface area (Å²) < 4.78 is 0. The minimum atomic E-state index is 0.677. The van der Waals surface area contributed by atoms with Gasteiger partial charge in [0.15, 0.2) is 0 Å². The van der Waals surface area contributed by atoms with Crippen LogP contribution in [0.1, 0.15) is 19.0 Å². The zero-order chi connectivity index (χ0) is 10.4. The second-order valence-corrected chi connectivity index (χ2v) is 3.47. The predicted molar refractivity (Wildman–Crippen MR) is 61.9 cm³/mol. The van der Waals surface area contributed by atoms with Gasteiger partial charge in [0.1, 0.15) is 5.82 Å². The summed E-state index contributed by atoms with van der Waals surface area (Å²) in [4.78, 5) is 4.30. The number of nitrogens with one attached hydrogen (secondary N) is 1. The van der Waals surface area contributed by atoms with Gasteiger partial charge in [-0.25, -0.2) is 4.98 Å². The van der Waals surface area contributed by atoms with Crippen molar-refractivity contribution in [3.8, 4) is 0 Å². The van der Waals surface area contributed by atoms with E-state index in [0.29, 0.717) is 5.02 Å². The van der Waals surface area contributed by atoms with Crippen LogP contribution in [0.2, 0.25) is 5.02 Å². The maximum atomic E-state index is 5.97. The Hall–Kier alpha value is -1.02. The number of rotatable bonds is 4. The molecule has 0 bridgehead atoms. The van der Waals surface area contributed by atoms with Crippen molar-refractivity contribution in [3.05, 3.63) is 35.0 Å². The van der Waals surface area contributed by atoms with Crippen molar-refractivity contribution in [3.63, 3.8) is 0 Å². The number of halogens is 1. The monoisotopic (exact) mass is 210 g/mol. The van der Waals surface area contributed by atoms with Gasteiger partial charge in [0.05, 0.1) is 5.02 Å². The van der Waals surface area contributed by atoms with Crippen LogP contribution in [-0.4, -0.2) is 11.5 Å². The van der Waals surface area contributed by atoms with Crippen molar-refractivity contribution in [2.75, 3.05) is 11.9 Å². The Bertz CT molecular complexity index is 321. The highest BCUT2D eigenvalue weighted by Crippen LogP contribution is 2.18. The highest BCUT2D eigenvalue weighted by molar-refractivity contribution is 6.32. The third-order valence-corrected chi connectivity index (χ3v) is 2.13. The summed E-state index contributed by atoms with van der Waals surface area (Å²) in [6.07, 6.45) is 5.13. The highest BCUT2D eigenvalue weighted by atomic mass is 35.5. The molecular weight excluding hydrogens is 196 g/mol. The highest BCUT2D eigenvalue weighted by Gasteiger charge is 1.99. The van der Waals surface area contributed by atoms with Gasteiger partial charge < -0.3 is 5.32 Å². The van der Waals surface area contributed by atoms with Crippen LogP contribution in [0, 0.1) is 6.92 Å². The smallest absolute Gasteiger partial charge is 0.145 e. The molecule has 0 aliphatic rings. The lowest BCUT2D eigenvalue weighted by atomic mass is 10.3. The molecule has 0 saturated carbocycles. The lowest BCUT2D eigenvalue weighted by Gasteiger charge is -2.06. The summed E-state index contributed by atoms with van der Waals surface area (Å²) in [5, 5.41) is 3.87. The second kappa shape index (κ2) is 5.66. The van der Waals surface area contributed by atoms with Crippen LogP contribution in [0.3, 0.4) is 0 Å². The topological polar surface area (TPSA) is 24.9 Å². The van der Waals surface area contributed by atoms with E-state index in [1.807, 2.05) is 32.1 Å². The number of hydrogen-bond donors (Lipinski definition) is 1. The third kappa shape index (κ3) is 3.38. The Kier molecular flexibility index (Phi) is 4.47. The summed E-state index contributed by atoms with van der Waals surface area (Å²) in [6, 6.07) is 3.77. The SMILES string of the molecule is C/C=C/CCNc1nc(C)ccc1Cl. The molecule has 0 amide bonds. The zero-order valence-electron chi connectivity index (χ0n) is 8.55. The van der Waals surface area contributed by atoms with Gasteiger partial charge in [0.25, 0.3) is 0 Å². The molecule has 2 nitrogen and oxygen atoms in total. The first-order chi connectivity index (χ1) is 6.74. The van der Waals surface area contributed by atoms with Crippen LogP contribution >= 0.6 is 11.6 Å². The maximum absolute atomic E-state index is 5.97. The van der Waals surface area contributed by atoms with Crippen molar-refractivity contribution in [1.29, 1.82) is 0 Å². The van der Waals surface area contributed by atoms with E-state index >= 15 is 0 Å². The molecule has 0 aromatic carbocycles. The number of pyridine rings is 1. The van der Waals surface area contributed by atoms with E-state index < -0.39 is 0 Å². The van der Waals surface area contributed by atoms with Crippen molar-refractivity contribution < 1.29 is 0 Å². The first-order valence-electron chi connectivity index (χ1n) is 4.72. The molecule has 0 fully saturated rings. The minimum Gasteiger partial charge on any atom is -0.369 e. The van der Waals surface area contributed by atoms with E-state index in [2.05, 4.69) is 16.4 Å². The molecule has 0 atom stereocenters. The first kappa shape index (κ1) is 11.1. The van der Waals surface area contributed by atoms with Crippen LogP contribution in [-0.2, 0) is 0 Å². The van der Waals surface area contributed by atoms with Gasteiger partial charge in [-0.3, -0.25) is 0 Å². The molecule has 0 unspecified atom stereocenters. The van der Waals surface area contributed by atoms with Crippen LogP contribution < -0.4 is 5.32 Å². The third-order valence-electron chi connectivity index (χ3n) is 1.82. The lowest BCUT2D eigenvalue weighted by molar-refractivity contribution is 1.04. The van der Waals surface area contributed by atoms with Gasteiger partial charge in [-0.15, -0.1) is 0 Å². The fourth-order valence-corrected chi connectivity index (χ4v) is 1.28. The first-order valence-corrected chi connectivity index (χ1v) is 5.10. The van der Waals surface area contributed by atoms with E-state index in [1.165, 1.54) is 0 Å². The molecule has 14 heavy (non-hydrogen) atoms. The van der Waals surface area contributed by atoms with Crippen LogP contribution in [0.15, 0.2) is 24.3 Å². The summed E-state index contributed by atoms with van der Waals surface area (Å²) in [7, 11) is 0. The fraction of sp³-hybridized carbons (Fsp3) is 0.364. The molecule has 1 heterocycles. The average Bonchev–Trinajstić information content (AvgIpc) is 2.18. The van der Waals surface area contributed by atoms with Crippen LogP contribution in [0.4, 0.5) is 5.82 Å². The molecule has 0 saturated heterocycles. The summed E-state index contributed by atoms with van der Waals surface area (Å²) in [6.45, 7) is 4.83. The van der Waals surface area contributed by atoms with Gasteiger partial charge in [0.2, 0.25) is 0 Å². The van der Waals surface area contributed by atoms with Crippen LogP contribution in [0.5, 0.6) is 0 Å². The largest absolute Gasteiger partial charge is 0.369 e. The molecule has 0 spiro atoms.